The molecule has 2 atom stereocenters. The van der Waals surface area contributed by atoms with Crippen molar-refractivity contribution in [1.82, 2.24) is 0 Å². The fourth-order valence-corrected chi connectivity index (χ4v) is 0.890. The number of allylic oxidation sites excluding steroid dienone is 2. The summed E-state index contributed by atoms with van der Waals surface area (Å²) in [6.45, 7) is 3.44. The van der Waals surface area contributed by atoms with Gasteiger partial charge in [-0.2, -0.15) is 0 Å². The Bertz CT molecular complexity index is 191. The van der Waals surface area contributed by atoms with Gasteiger partial charge in [-0.25, -0.2) is 4.39 Å². The minimum Gasteiger partial charge on any atom is -0.385 e. The van der Waals surface area contributed by atoms with E-state index < -0.39 is 5.60 Å². The zero-order chi connectivity index (χ0) is 7.78. The Labute approximate surface area is 59.9 Å². The Balaban J connectivity index is 2.88. The molecule has 2 unspecified atom stereocenters. The zero-order valence-corrected chi connectivity index (χ0v) is 6.13. The van der Waals surface area contributed by atoms with Gasteiger partial charge in [-0.05, 0) is 19.1 Å². The minimum absolute atomic E-state index is 0.00741. The van der Waals surface area contributed by atoms with Crippen molar-refractivity contribution < 1.29 is 9.50 Å². The van der Waals surface area contributed by atoms with Crippen LogP contribution in [0.3, 0.4) is 0 Å². The van der Waals surface area contributed by atoms with Crippen LogP contribution in [0.2, 0.25) is 0 Å². The summed E-state index contributed by atoms with van der Waals surface area (Å²) in [6.07, 6.45) is 4.27. The van der Waals surface area contributed by atoms with Gasteiger partial charge < -0.3 is 5.11 Å². The molecule has 0 heterocycles. The van der Waals surface area contributed by atoms with E-state index in [0.29, 0.717) is 0 Å². The van der Waals surface area contributed by atoms with E-state index in [1.165, 1.54) is 12.2 Å². The lowest BCUT2D eigenvalue weighted by Crippen LogP contribution is -2.30. The maximum absolute atomic E-state index is 12.5. The summed E-state index contributed by atoms with van der Waals surface area (Å²) in [4.78, 5) is 0. The van der Waals surface area contributed by atoms with Crippen molar-refractivity contribution in [3.63, 3.8) is 0 Å². The molecular formula is C8H11FO. The normalized spacial score (nSPS) is 39.6. The molecule has 0 amide bonds. The first-order chi connectivity index (χ1) is 4.52. The highest BCUT2D eigenvalue weighted by Gasteiger charge is 2.26. The Kier molecular flexibility index (Phi) is 1.65. The molecular weight excluding hydrogens is 131 g/mol. The number of hydrogen-bond donors (Lipinski definition) is 1. The van der Waals surface area contributed by atoms with E-state index in [9.17, 15) is 9.50 Å². The van der Waals surface area contributed by atoms with Crippen LogP contribution in [-0.4, -0.2) is 10.7 Å². The van der Waals surface area contributed by atoms with Crippen LogP contribution in [0.5, 0.6) is 0 Å². The molecule has 1 nitrogen and oxygen atoms in total. The van der Waals surface area contributed by atoms with Gasteiger partial charge in [-0.3, -0.25) is 0 Å². The summed E-state index contributed by atoms with van der Waals surface area (Å²) >= 11 is 0. The first-order valence-electron chi connectivity index (χ1n) is 3.31. The van der Waals surface area contributed by atoms with Gasteiger partial charge in [0.1, 0.15) is 5.83 Å². The Morgan fingerprint density at radius 3 is 2.70 bits per heavy atom. The Morgan fingerprint density at radius 1 is 1.70 bits per heavy atom. The van der Waals surface area contributed by atoms with Gasteiger partial charge in [0.15, 0.2) is 0 Å². The number of hydrogen-bond acceptors (Lipinski definition) is 1. The Morgan fingerprint density at radius 2 is 2.30 bits per heavy atom. The maximum Gasteiger partial charge on any atom is 0.121 e. The molecule has 0 spiro atoms. The van der Waals surface area contributed by atoms with E-state index in [2.05, 4.69) is 0 Å². The van der Waals surface area contributed by atoms with Crippen LogP contribution < -0.4 is 0 Å². The third-order valence-electron chi connectivity index (χ3n) is 1.90. The average molecular weight is 142 g/mol. The van der Waals surface area contributed by atoms with Gasteiger partial charge >= 0.3 is 0 Å². The molecule has 1 N–H and O–H groups in total. The fraction of sp³-hybridized carbons (Fsp3) is 0.500. The van der Waals surface area contributed by atoms with Crippen LogP contribution in [0.25, 0.3) is 0 Å². The molecule has 0 aromatic carbocycles. The van der Waals surface area contributed by atoms with Crippen molar-refractivity contribution in [2.75, 3.05) is 0 Å². The van der Waals surface area contributed by atoms with Gasteiger partial charge in [0.25, 0.3) is 0 Å². The van der Waals surface area contributed by atoms with Crippen LogP contribution in [0.15, 0.2) is 24.1 Å². The topological polar surface area (TPSA) is 20.2 Å². The molecule has 0 saturated carbocycles. The Hall–Kier alpha value is -0.630. The molecule has 1 aliphatic rings. The van der Waals surface area contributed by atoms with Crippen molar-refractivity contribution in [3.8, 4) is 0 Å². The molecule has 0 aliphatic heterocycles. The lowest BCUT2D eigenvalue weighted by atomic mass is 9.87. The molecule has 0 saturated heterocycles. The van der Waals surface area contributed by atoms with Gasteiger partial charge in [0.05, 0.1) is 5.60 Å². The molecule has 0 aromatic heterocycles. The van der Waals surface area contributed by atoms with E-state index >= 15 is 0 Å². The SMILES string of the molecule is CC1C=CC(F)=CC1(C)O. The zero-order valence-electron chi connectivity index (χ0n) is 6.13. The summed E-state index contributed by atoms with van der Waals surface area (Å²) in [5, 5.41) is 9.45. The highest BCUT2D eigenvalue weighted by Crippen LogP contribution is 2.26. The smallest absolute Gasteiger partial charge is 0.121 e. The van der Waals surface area contributed by atoms with Gasteiger partial charge in [0.2, 0.25) is 0 Å². The summed E-state index contributed by atoms with van der Waals surface area (Å²) in [6, 6.07) is 0. The molecule has 56 valence electrons. The molecule has 10 heavy (non-hydrogen) atoms. The van der Waals surface area contributed by atoms with Crippen molar-refractivity contribution in [2.45, 2.75) is 19.4 Å². The van der Waals surface area contributed by atoms with Crippen molar-refractivity contribution >= 4 is 0 Å². The van der Waals surface area contributed by atoms with Crippen LogP contribution in [0, 0.1) is 5.92 Å². The first-order valence-corrected chi connectivity index (χ1v) is 3.31. The third kappa shape index (κ3) is 1.27. The molecule has 0 bridgehead atoms. The van der Waals surface area contributed by atoms with Crippen molar-refractivity contribution in [3.05, 3.63) is 24.1 Å². The summed E-state index contributed by atoms with van der Waals surface area (Å²) in [5.41, 5.74) is -1.02. The highest BCUT2D eigenvalue weighted by molar-refractivity contribution is 5.24. The fourth-order valence-electron chi connectivity index (χ4n) is 0.890. The molecule has 2 heteroatoms. The van der Waals surface area contributed by atoms with Gasteiger partial charge in [-0.15, -0.1) is 0 Å². The molecule has 1 rings (SSSR count). The summed E-state index contributed by atoms with van der Waals surface area (Å²) in [5.74, 6) is -0.366. The van der Waals surface area contributed by atoms with Crippen LogP contribution in [-0.2, 0) is 0 Å². The molecule has 1 aliphatic carbocycles. The molecule has 0 radical (unpaired) electrons. The van der Waals surface area contributed by atoms with E-state index in [1.807, 2.05) is 6.92 Å². The second kappa shape index (κ2) is 2.20. The van der Waals surface area contributed by atoms with E-state index in [-0.39, 0.29) is 11.7 Å². The summed E-state index contributed by atoms with van der Waals surface area (Å²) < 4.78 is 12.5. The number of aliphatic hydroxyl groups is 1. The van der Waals surface area contributed by atoms with E-state index in [1.54, 1.807) is 13.0 Å². The van der Waals surface area contributed by atoms with Crippen LogP contribution >= 0.6 is 0 Å². The monoisotopic (exact) mass is 142 g/mol. The maximum atomic E-state index is 12.5. The van der Waals surface area contributed by atoms with Crippen LogP contribution in [0.1, 0.15) is 13.8 Å². The largest absolute Gasteiger partial charge is 0.385 e. The standard InChI is InChI=1S/C8H11FO/c1-6-3-4-7(9)5-8(6,2)10/h3-6,10H,1-2H3. The lowest BCUT2D eigenvalue weighted by molar-refractivity contribution is 0.0704. The predicted molar refractivity (Wildman–Crippen MR) is 38.1 cm³/mol. The second-order valence-corrected chi connectivity index (χ2v) is 2.90. The lowest BCUT2D eigenvalue weighted by Gasteiger charge is -2.26. The second-order valence-electron chi connectivity index (χ2n) is 2.90. The predicted octanol–water partition coefficient (Wildman–Crippen LogP) is 1.80. The van der Waals surface area contributed by atoms with E-state index in [0.717, 1.165) is 0 Å². The summed E-state index contributed by atoms with van der Waals surface area (Å²) in [7, 11) is 0. The quantitative estimate of drug-likeness (QED) is 0.546. The number of halogens is 1. The molecule has 0 fully saturated rings. The first kappa shape index (κ1) is 7.48. The highest BCUT2D eigenvalue weighted by atomic mass is 19.1. The van der Waals surface area contributed by atoms with Gasteiger partial charge in [0, 0.05) is 5.92 Å². The van der Waals surface area contributed by atoms with Crippen molar-refractivity contribution in [1.29, 1.82) is 0 Å². The number of rotatable bonds is 0. The average Bonchev–Trinajstić information content (AvgIpc) is 1.78. The minimum atomic E-state index is -1.02. The van der Waals surface area contributed by atoms with Crippen molar-refractivity contribution in [2.24, 2.45) is 5.92 Å². The van der Waals surface area contributed by atoms with Gasteiger partial charge in [-0.1, -0.05) is 13.0 Å². The van der Waals surface area contributed by atoms with E-state index in [4.69, 9.17) is 0 Å². The third-order valence-corrected chi connectivity index (χ3v) is 1.90. The van der Waals surface area contributed by atoms with Crippen LogP contribution in [0.4, 0.5) is 4.39 Å². The molecule has 0 aromatic rings.